The number of imidazole rings is 1. The van der Waals surface area contributed by atoms with Crippen molar-refractivity contribution in [3.8, 4) is 5.75 Å². The smallest absolute Gasteiger partial charge is 0.135 e. The first-order valence-electron chi connectivity index (χ1n) is 7.03. The Balaban J connectivity index is 2.27. The van der Waals surface area contributed by atoms with Gasteiger partial charge in [0.1, 0.15) is 18.2 Å². The maximum Gasteiger partial charge on any atom is 0.135 e. The Morgan fingerprint density at radius 2 is 2.15 bits per heavy atom. The third kappa shape index (κ3) is 3.29. The minimum absolute atomic E-state index is 0.0411. The third-order valence-corrected chi connectivity index (χ3v) is 3.24. The van der Waals surface area contributed by atoms with E-state index in [2.05, 4.69) is 28.5 Å². The number of aliphatic hydroxyl groups excluding tert-OH is 1. The number of aryl methyl sites for hydroxylation is 1. The Kier molecular flexibility index (Phi) is 4.98. The van der Waals surface area contributed by atoms with Crippen molar-refractivity contribution in [3.05, 3.63) is 24.0 Å². The van der Waals surface area contributed by atoms with Gasteiger partial charge in [-0.05, 0) is 46.1 Å². The predicted octanol–water partition coefficient (Wildman–Crippen LogP) is 1.88. The Bertz CT molecular complexity index is 563. The van der Waals surface area contributed by atoms with Gasteiger partial charge < -0.3 is 19.3 Å². The number of nitrogens with zero attached hydrogens (tertiary/aromatic N) is 3. The minimum Gasteiger partial charge on any atom is -0.494 e. The van der Waals surface area contributed by atoms with Gasteiger partial charge in [0.05, 0.1) is 17.6 Å². The van der Waals surface area contributed by atoms with E-state index in [0.717, 1.165) is 36.3 Å². The summed E-state index contributed by atoms with van der Waals surface area (Å²) in [5.74, 6) is 1.54. The maximum absolute atomic E-state index is 9.48. The summed E-state index contributed by atoms with van der Waals surface area (Å²) in [4.78, 5) is 6.65. The van der Waals surface area contributed by atoms with Gasteiger partial charge in [-0.3, -0.25) is 0 Å². The molecule has 5 heteroatoms. The van der Waals surface area contributed by atoms with E-state index in [0.29, 0.717) is 12.4 Å². The zero-order valence-electron chi connectivity index (χ0n) is 12.5. The molecule has 110 valence electrons. The van der Waals surface area contributed by atoms with Gasteiger partial charge in [0.15, 0.2) is 0 Å². The van der Waals surface area contributed by atoms with E-state index < -0.39 is 0 Å². The topological polar surface area (TPSA) is 50.5 Å². The minimum atomic E-state index is -0.0411. The Morgan fingerprint density at radius 3 is 2.80 bits per heavy atom. The standard InChI is InChI=1S/C15H23N3O2/c1-4-20-12-6-7-14-13(10-12)16-15(11-19)18(14)9-5-8-17(2)3/h6-7,10,19H,4-5,8-9,11H2,1-3H3. The molecule has 5 nitrogen and oxygen atoms in total. The number of benzene rings is 1. The van der Waals surface area contributed by atoms with E-state index in [1.54, 1.807) is 0 Å². The molecule has 2 aromatic rings. The molecule has 0 saturated carbocycles. The van der Waals surface area contributed by atoms with E-state index in [1.807, 2.05) is 25.1 Å². The number of aliphatic hydroxyl groups is 1. The second kappa shape index (κ2) is 6.72. The fraction of sp³-hybridized carbons (Fsp3) is 0.533. The number of aromatic nitrogens is 2. The molecule has 1 heterocycles. The average molecular weight is 277 g/mol. The lowest BCUT2D eigenvalue weighted by Crippen LogP contribution is -2.15. The summed E-state index contributed by atoms with van der Waals surface area (Å²) in [6, 6.07) is 5.90. The summed E-state index contributed by atoms with van der Waals surface area (Å²) in [5, 5.41) is 9.48. The van der Waals surface area contributed by atoms with E-state index in [1.165, 1.54) is 0 Å². The van der Waals surface area contributed by atoms with Crippen LogP contribution in [0.5, 0.6) is 5.75 Å². The highest BCUT2D eigenvalue weighted by molar-refractivity contribution is 5.77. The molecule has 2 rings (SSSR count). The van der Waals surface area contributed by atoms with Crippen LogP contribution in [0.15, 0.2) is 18.2 Å². The van der Waals surface area contributed by atoms with Crippen molar-refractivity contribution in [2.45, 2.75) is 26.5 Å². The summed E-state index contributed by atoms with van der Waals surface area (Å²) >= 11 is 0. The highest BCUT2D eigenvalue weighted by Crippen LogP contribution is 2.22. The molecule has 0 atom stereocenters. The highest BCUT2D eigenvalue weighted by atomic mass is 16.5. The van der Waals surface area contributed by atoms with Crippen molar-refractivity contribution < 1.29 is 9.84 Å². The van der Waals surface area contributed by atoms with Crippen LogP contribution >= 0.6 is 0 Å². The number of hydrogen-bond donors (Lipinski definition) is 1. The molecule has 0 saturated heterocycles. The molecule has 0 fully saturated rings. The number of hydrogen-bond acceptors (Lipinski definition) is 4. The zero-order chi connectivity index (χ0) is 14.5. The van der Waals surface area contributed by atoms with Gasteiger partial charge in [0.25, 0.3) is 0 Å². The van der Waals surface area contributed by atoms with Crippen molar-refractivity contribution in [1.29, 1.82) is 0 Å². The number of fused-ring (bicyclic) bond motifs is 1. The summed E-state index contributed by atoms with van der Waals surface area (Å²) < 4.78 is 7.58. The Morgan fingerprint density at radius 1 is 1.35 bits per heavy atom. The zero-order valence-corrected chi connectivity index (χ0v) is 12.5. The van der Waals surface area contributed by atoms with Crippen LogP contribution in [0, 0.1) is 0 Å². The van der Waals surface area contributed by atoms with Crippen molar-refractivity contribution >= 4 is 11.0 Å². The van der Waals surface area contributed by atoms with Crippen LogP contribution in [0.4, 0.5) is 0 Å². The van der Waals surface area contributed by atoms with Crippen LogP contribution in [-0.2, 0) is 13.2 Å². The fourth-order valence-corrected chi connectivity index (χ4v) is 2.33. The van der Waals surface area contributed by atoms with Gasteiger partial charge >= 0.3 is 0 Å². The molecular weight excluding hydrogens is 254 g/mol. The highest BCUT2D eigenvalue weighted by Gasteiger charge is 2.10. The van der Waals surface area contributed by atoms with Crippen molar-refractivity contribution in [3.63, 3.8) is 0 Å². The van der Waals surface area contributed by atoms with Crippen molar-refractivity contribution in [2.75, 3.05) is 27.2 Å². The predicted molar refractivity (Wildman–Crippen MR) is 80.0 cm³/mol. The van der Waals surface area contributed by atoms with Crippen molar-refractivity contribution in [2.24, 2.45) is 0 Å². The quantitative estimate of drug-likeness (QED) is 0.839. The molecule has 0 aliphatic rings. The third-order valence-electron chi connectivity index (χ3n) is 3.24. The van der Waals surface area contributed by atoms with Crippen LogP contribution < -0.4 is 4.74 Å². The lowest BCUT2D eigenvalue weighted by atomic mass is 10.3. The molecule has 0 bridgehead atoms. The van der Waals surface area contributed by atoms with Gasteiger partial charge in [-0.25, -0.2) is 4.98 Å². The van der Waals surface area contributed by atoms with E-state index in [4.69, 9.17) is 4.74 Å². The normalized spacial score (nSPS) is 11.4. The Hall–Kier alpha value is -1.59. The SMILES string of the molecule is CCOc1ccc2c(c1)nc(CO)n2CCCN(C)C. The summed E-state index contributed by atoms with van der Waals surface area (Å²) in [6.07, 6.45) is 1.03. The molecular formula is C15H23N3O2. The van der Waals surface area contributed by atoms with Crippen LogP contribution in [0.25, 0.3) is 11.0 Å². The van der Waals surface area contributed by atoms with E-state index >= 15 is 0 Å². The lowest BCUT2D eigenvalue weighted by Gasteiger charge is -2.11. The Labute approximate surface area is 119 Å². The second-order valence-electron chi connectivity index (χ2n) is 5.08. The van der Waals surface area contributed by atoms with Gasteiger partial charge in [0.2, 0.25) is 0 Å². The first-order chi connectivity index (χ1) is 9.65. The molecule has 0 aliphatic carbocycles. The molecule has 0 aliphatic heterocycles. The van der Waals surface area contributed by atoms with Gasteiger partial charge in [-0.15, -0.1) is 0 Å². The van der Waals surface area contributed by atoms with Crippen molar-refractivity contribution in [1.82, 2.24) is 14.5 Å². The van der Waals surface area contributed by atoms with Crippen LogP contribution in [0.3, 0.4) is 0 Å². The number of ether oxygens (including phenoxy) is 1. The maximum atomic E-state index is 9.48. The van der Waals surface area contributed by atoms with Gasteiger partial charge in [-0.2, -0.15) is 0 Å². The summed E-state index contributed by atoms with van der Waals surface area (Å²) in [6.45, 7) is 4.44. The largest absolute Gasteiger partial charge is 0.494 e. The fourth-order valence-electron chi connectivity index (χ4n) is 2.33. The van der Waals surface area contributed by atoms with Gasteiger partial charge in [-0.1, -0.05) is 0 Å². The monoisotopic (exact) mass is 277 g/mol. The van der Waals surface area contributed by atoms with Crippen LogP contribution in [-0.4, -0.2) is 46.8 Å². The van der Waals surface area contributed by atoms with Gasteiger partial charge in [0, 0.05) is 12.6 Å². The first kappa shape index (κ1) is 14.8. The molecule has 1 aromatic carbocycles. The molecule has 1 N–H and O–H groups in total. The molecule has 0 spiro atoms. The molecule has 20 heavy (non-hydrogen) atoms. The van der Waals surface area contributed by atoms with Crippen LogP contribution in [0.1, 0.15) is 19.2 Å². The summed E-state index contributed by atoms with van der Waals surface area (Å²) in [5.41, 5.74) is 1.93. The van der Waals surface area contributed by atoms with Crippen LogP contribution in [0.2, 0.25) is 0 Å². The molecule has 1 aromatic heterocycles. The van der Waals surface area contributed by atoms with E-state index in [9.17, 15) is 5.11 Å². The molecule has 0 amide bonds. The molecule has 0 unspecified atom stereocenters. The lowest BCUT2D eigenvalue weighted by molar-refractivity contribution is 0.264. The number of rotatable bonds is 7. The molecule has 0 radical (unpaired) electrons. The summed E-state index contributed by atoms with van der Waals surface area (Å²) in [7, 11) is 4.13. The average Bonchev–Trinajstić information content (AvgIpc) is 2.76. The van der Waals surface area contributed by atoms with E-state index in [-0.39, 0.29) is 6.61 Å². The second-order valence-corrected chi connectivity index (χ2v) is 5.08. The first-order valence-corrected chi connectivity index (χ1v) is 7.03.